The minimum Gasteiger partial charge on any atom is -0.481 e. The summed E-state index contributed by atoms with van der Waals surface area (Å²) in [6.45, 7) is 4.31. The highest BCUT2D eigenvalue weighted by Gasteiger charge is 1.99. The number of ether oxygens (including phenoxy) is 1. The Labute approximate surface area is 85.6 Å². The molecule has 0 aromatic rings. The van der Waals surface area contributed by atoms with E-state index >= 15 is 0 Å². The first-order valence-corrected chi connectivity index (χ1v) is 3.73. The van der Waals surface area contributed by atoms with E-state index in [0.717, 1.165) is 0 Å². The molecule has 0 radical (unpaired) electrons. The minimum absolute atomic E-state index is 0.176. The van der Waals surface area contributed by atoms with Crippen molar-refractivity contribution >= 4 is 18.1 Å². The highest BCUT2D eigenvalue weighted by atomic mass is 16.7. The zero-order chi connectivity index (χ0) is 12.4. The predicted octanol–water partition coefficient (Wildman–Crippen LogP) is 0.803. The zero-order valence-corrected chi connectivity index (χ0v) is 8.10. The van der Waals surface area contributed by atoms with E-state index in [1.54, 1.807) is 0 Å². The fraction of sp³-hybridized carbons (Fsp3) is 0.375. The van der Waals surface area contributed by atoms with Gasteiger partial charge in [-0.2, -0.15) is 0 Å². The molecule has 15 heavy (non-hydrogen) atoms. The van der Waals surface area contributed by atoms with Crippen molar-refractivity contribution in [2.75, 3.05) is 6.61 Å². The van der Waals surface area contributed by atoms with Crippen molar-refractivity contribution in [3.63, 3.8) is 0 Å². The van der Waals surface area contributed by atoms with Crippen LogP contribution in [0.3, 0.4) is 0 Å². The van der Waals surface area contributed by atoms with Crippen molar-refractivity contribution in [3.05, 3.63) is 12.2 Å². The minimum atomic E-state index is -1.45. The molecule has 0 saturated heterocycles. The van der Waals surface area contributed by atoms with Crippen LogP contribution in [-0.2, 0) is 14.3 Å². The van der Waals surface area contributed by atoms with E-state index in [4.69, 9.17) is 15.3 Å². The molecule has 0 spiro atoms. The smallest absolute Gasteiger partial charge is 0.481 e. The Morgan fingerprint density at radius 1 is 1.20 bits per heavy atom. The van der Waals surface area contributed by atoms with Gasteiger partial charge in [-0.05, 0) is 6.92 Å². The summed E-state index contributed by atoms with van der Waals surface area (Å²) in [4.78, 5) is 28.9. The van der Waals surface area contributed by atoms with Gasteiger partial charge in [-0.1, -0.05) is 6.58 Å². The number of hydrogen-bond donors (Lipinski definition) is 3. The molecule has 0 atom stereocenters. The van der Waals surface area contributed by atoms with Gasteiger partial charge in [0, 0.05) is 5.57 Å². The van der Waals surface area contributed by atoms with Crippen LogP contribution in [0.4, 0.5) is 4.79 Å². The lowest BCUT2D eigenvalue weighted by molar-refractivity contribution is -0.138. The van der Waals surface area contributed by atoms with Gasteiger partial charge in [-0.3, -0.25) is 4.79 Å². The van der Waals surface area contributed by atoms with Crippen LogP contribution in [0.1, 0.15) is 13.3 Å². The maximum absolute atomic E-state index is 9.71. The third-order valence-electron chi connectivity index (χ3n) is 0.907. The van der Waals surface area contributed by atoms with E-state index in [-0.39, 0.29) is 18.6 Å². The molecule has 3 N–H and O–H groups in total. The summed E-state index contributed by atoms with van der Waals surface area (Å²) in [5, 5.41) is 23.7. The number of carbonyl (C=O) groups is 3. The van der Waals surface area contributed by atoms with Crippen LogP contribution in [0.2, 0.25) is 0 Å². The summed E-state index contributed by atoms with van der Waals surface area (Å²) in [7, 11) is 0. The van der Waals surface area contributed by atoms with Gasteiger partial charge in [0.15, 0.2) is 0 Å². The Bertz CT molecular complexity index is 230. The number of hydrogen-bond acceptors (Lipinski definition) is 4. The molecule has 0 aromatic carbocycles. The van der Waals surface area contributed by atoms with E-state index in [0.29, 0.717) is 0 Å². The lowest BCUT2D eigenvalue weighted by Crippen LogP contribution is -2.06. The van der Waals surface area contributed by atoms with Crippen LogP contribution in [0.25, 0.3) is 0 Å². The van der Waals surface area contributed by atoms with E-state index in [1.807, 2.05) is 0 Å². The van der Waals surface area contributed by atoms with Gasteiger partial charge in [0.25, 0.3) is 0 Å². The number of carboxylic acid groups (broad SMARTS) is 3. The molecule has 0 bridgehead atoms. The Morgan fingerprint density at radius 2 is 1.60 bits per heavy atom. The molecular weight excluding hydrogens is 208 g/mol. The standard InChI is InChI=1S/C4H6O5.C4H6O2/c5-3(6)1-2-9-4(7)8;1-3(2)4(5)6/h1-2H2,(H,5,6)(H,7,8);1H2,2H3,(H,5,6). The highest BCUT2D eigenvalue weighted by Crippen LogP contribution is 1.82. The van der Waals surface area contributed by atoms with Gasteiger partial charge in [0.2, 0.25) is 0 Å². The summed E-state index contributed by atoms with van der Waals surface area (Å²) < 4.78 is 3.89. The third-order valence-corrected chi connectivity index (χ3v) is 0.907. The molecule has 7 heteroatoms. The summed E-state index contributed by atoms with van der Waals surface area (Å²) in [5.41, 5.74) is 0.176. The average Bonchev–Trinajstić information content (AvgIpc) is 2.03. The number of rotatable bonds is 4. The van der Waals surface area contributed by atoms with Gasteiger partial charge in [-0.25, -0.2) is 9.59 Å². The lowest BCUT2D eigenvalue weighted by Gasteiger charge is -1.93. The highest BCUT2D eigenvalue weighted by molar-refractivity contribution is 5.84. The van der Waals surface area contributed by atoms with Gasteiger partial charge >= 0.3 is 18.1 Å². The fourth-order valence-corrected chi connectivity index (χ4v) is 0.226. The van der Waals surface area contributed by atoms with Gasteiger partial charge < -0.3 is 20.1 Å². The Balaban J connectivity index is 0. The van der Waals surface area contributed by atoms with Crippen LogP contribution in [0.5, 0.6) is 0 Å². The van der Waals surface area contributed by atoms with Crippen molar-refractivity contribution in [1.29, 1.82) is 0 Å². The first-order valence-electron chi connectivity index (χ1n) is 3.73. The lowest BCUT2D eigenvalue weighted by atomic mass is 10.4. The monoisotopic (exact) mass is 220 g/mol. The zero-order valence-electron chi connectivity index (χ0n) is 8.10. The van der Waals surface area contributed by atoms with Crippen LogP contribution in [0, 0.1) is 0 Å². The first-order chi connectivity index (χ1) is 6.77. The molecule has 0 heterocycles. The quantitative estimate of drug-likeness (QED) is 0.473. The molecule has 0 unspecified atom stereocenters. The van der Waals surface area contributed by atoms with Crippen LogP contribution >= 0.6 is 0 Å². The van der Waals surface area contributed by atoms with Crippen LogP contribution in [-0.4, -0.2) is 40.0 Å². The molecule has 0 saturated carbocycles. The average molecular weight is 220 g/mol. The maximum atomic E-state index is 9.71. The summed E-state index contributed by atoms with van der Waals surface area (Å²) in [6.07, 6.45) is -1.73. The second-order valence-corrected chi connectivity index (χ2v) is 2.34. The van der Waals surface area contributed by atoms with Crippen molar-refractivity contribution in [2.45, 2.75) is 13.3 Å². The van der Waals surface area contributed by atoms with Gasteiger partial charge in [-0.15, -0.1) is 0 Å². The summed E-state index contributed by atoms with van der Waals surface area (Å²) in [5.74, 6) is -2.01. The number of carboxylic acids is 2. The molecular formula is C8H12O7. The first kappa shape index (κ1) is 15.4. The van der Waals surface area contributed by atoms with Crippen molar-refractivity contribution in [1.82, 2.24) is 0 Å². The molecule has 0 fully saturated rings. The topological polar surface area (TPSA) is 121 Å². The second-order valence-electron chi connectivity index (χ2n) is 2.34. The largest absolute Gasteiger partial charge is 0.505 e. The van der Waals surface area contributed by atoms with Crippen molar-refractivity contribution in [2.24, 2.45) is 0 Å². The molecule has 0 aliphatic carbocycles. The van der Waals surface area contributed by atoms with E-state index in [2.05, 4.69) is 11.3 Å². The normalized spacial score (nSPS) is 8.07. The molecule has 0 aromatic heterocycles. The van der Waals surface area contributed by atoms with E-state index in [1.165, 1.54) is 6.92 Å². The summed E-state index contributed by atoms with van der Waals surface area (Å²) >= 11 is 0. The van der Waals surface area contributed by atoms with E-state index in [9.17, 15) is 14.4 Å². The molecule has 0 aliphatic heterocycles. The third kappa shape index (κ3) is 18.7. The van der Waals surface area contributed by atoms with Gasteiger partial charge in [0.05, 0.1) is 6.42 Å². The fourth-order valence-electron chi connectivity index (χ4n) is 0.226. The molecule has 7 nitrogen and oxygen atoms in total. The molecule has 0 rings (SSSR count). The Hall–Kier alpha value is -2.05. The SMILES string of the molecule is C=C(C)C(=O)O.O=C(O)CCOC(=O)O. The molecule has 86 valence electrons. The van der Waals surface area contributed by atoms with Crippen LogP contribution in [0.15, 0.2) is 12.2 Å². The van der Waals surface area contributed by atoms with E-state index < -0.39 is 18.1 Å². The summed E-state index contributed by atoms with van der Waals surface area (Å²) in [6, 6.07) is 0. The Morgan fingerprint density at radius 3 is 1.80 bits per heavy atom. The van der Waals surface area contributed by atoms with Crippen molar-refractivity contribution in [3.8, 4) is 0 Å². The van der Waals surface area contributed by atoms with Crippen molar-refractivity contribution < 1.29 is 34.4 Å². The predicted molar refractivity (Wildman–Crippen MR) is 48.7 cm³/mol. The number of aliphatic carboxylic acids is 2. The molecule has 0 aliphatic rings. The molecule has 0 amide bonds. The maximum Gasteiger partial charge on any atom is 0.505 e. The Kier molecular flexibility index (Phi) is 8.79. The van der Waals surface area contributed by atoms with Crippen LogP contribution < -0.4 is 0 Å². The second kappa shape index (κ2) is 8.54. The van der Waals surface area contributed by atoms with Gasteiger partial charge in [0.1, 0.15) is 6.61 Å².